The van der Waals surface area contributed by atoms with E-state index in [2.05, 4.69) is 26.6 Å². The van der Waals surface area contributed by atoms with Gasteiger partial charge >= 0.3 is 0 Å². The zero-order chi connectivity index (χ0) is 15.2. The topological polar surface area (TPSA) is 67.2 Å². The van der Waals surface area contributed by atoms with Crippen LogP contribution < -0.4 is 16.4 Å². The first-order chi connectivity index (χ1) is 10.1. The molecule has 0 atom stereocenters. The number of thiophene rings is 1. The predicted octanol–water partition coefficient (Wildman–Crippen LogP) is 3.84. The highest BCUT2D eigenvalue weighted by molar-refractivity contribution is 9.10. The number of carbonyl (C=O) groups is 1. The molecule has 6 heteroatoms. The quantitative estimate of drug-likeness (QED) is 0.726. The lowest BCUT2D eigenvalue weighted by atomic mass is 10.2. The number of nitrogens with one attached hydrogen (secondary N) is 2. The van der Waals surface area contributed by atoms with E-state index in [1.54, 1.807) is 0 Å². The second-order valence-corrected chi connectivity index (χ2v) is 6.50. The maximum absolute atomic E-state index is 12.0. The number of halogens is 1. The van der Waals surface area contributed by atoms with Crippen molar-refractivity contribution in [2.75, 3.05) is 17.6 Å². The maximum Gasteiger partial charge on any atom is 0.263 e. The first-order valence-corrected chi connectivity index (χ1v) is 8.37. The standard InChI is InChI=1S/C15H18BrN3OS/c1-2-7-18-15(20)14-12(17)8-13(21-14)19-9-10-5-3-4-6-11(10)16/h3-6,8,19H,2,7,9,17H2,1H3,(H,18,20). The van der Waals surface area contributed by atoms with Crippen LogP contribution in [0.4, 0.5) is 10.7 Å². The molecule has 0 aliphatic heterocycles. The van der Waals surface area contributed by atoms with E-state index in [0.717, 1.165) is 21.5 Å². The molecule has 1 aromatic heterocycles. The third kappa shape index (κ3) is 4.22. The summed E-state index contributed by atoms with van der Waals surface area (Å²) in [4.78, 5) is 12.5. The number of benzene rings is 1. The van der Waals surface area contributed by atoms with Crippen molar-refractivity contribution >= 4 is 43.9 Å². The minimum Gasteiger partial charge on any atom is -0.397 e. The van der Waals surface area contributed by atoms with Gasteiger partial charge in [0.1, 0.15) is 4.88 Å². The smallest absolute Gasteiger partial charge is 0.263 e. The summed E-state index contributed by atoms with van der Waals surface area (Å²) in [5.74, 6) is -0.103. The van der Waals surface area contributed by atoms with Gasteiger partial charge in [-0.3, -0.25) is 4.79 Å². The van der Waals surface area contributed by atoms with Crippen LogP contribution in [0.2, 0.25) is 0 Å². The Morgan fingerprint density at radius 1 is 1.38 bits per heavy atom. The highest BCUT2D eigenvalue weighted by atomic mass is 79.9. The molecule has 112 valence electrons. The zero-order valence-corrected chi connectivity index (χ0v) is 14.2. The number of nitrogens with two attached hydrogens (primary N) is 1. The molecule has 0 saturated heterocycles. The molecular formula is C15H18BrN3OS. The van der Waals surface area contributed by atoms with Crippen LogP contribution in [0.3, 0.4) is 0 Å². The molecule has 0 aliphatic carbocycles. The lowest BCUT2D eigenvalue weighted by molar-refractivity contribution is 0.0958. The Kier molecular flexibility index (Phi) is 5.64. The largest absolute Gasteiger partial charge is 0.397 e. The van der Waals surface area contributed by atoms with Gasteiger partial charge in [-0.2, -0.15) is 0 Å². The average molecular weight is 368 g/mol. The summed E-state index contributed by atoms with van der Waals surface area (Å²) in [6, 6.07) is 9.83. The molecule has 4 N–H and O–H groups in total. The van der Waals surface area contributed by atoms with Crippen molar-refractivity contribution in [3.63, 3.8) is 0 Å². The number of hydrogen-bond acceptors (Lipinski definition) is 4. The molecule has 0 unspecified atom stereocenters. The first kappa shape index (κ1) is 15.9. The lowest BCUT2D eigenvalue weighted by Crippen LogP contribution is -2.23. The van der Waals surface area contributed by atoms with E-state index in [0.29, 0.717) is 23.7 Å². The second-order valence-electron chi connectivity index (χ2n) is 4.60. The minimum atomic E-state index is -0.103. The van der Waals surface area contributed by atoms with Gasteiger partial charge in [0.2, 0.25) is 0 Å². The fourth-order valence-corrected chi connectivity index (χ4v) is 3.13. The first-order valence-electron chi connectivity index (χ1n) is 6.76. The van der Waals surface area contributed by atoms with Crippen LogP contribution >= 0.6 is 27.3 Å². The van der Waals surface area contributed by atoms with Gasteiger partial charge < -0.3 is 16.4 Å². The molecule has 1 aromatic carbocycles. The number of hydrogen-bond donors (Lipinski definition) is 3. The molecule has 0 aliphatic rings. The minimum absolute atomic E-state index is 0.103. The molecule has 0 fully saturated rings. The Hall–Kier alpha value is -1.53. The Morgan fingerprint density at radius 3 is 2.86 bits per heavy atom. The number of nitrogen functional groups attached to an aromatic ring is 1. The molecule has 21 heavy (non-hydrogen) atoms. The highest BCUT2D eigenvalue weighted by Gasteiger charge is 2.13. The van der Waals surface area contributed by atoms with Crippen LogP contribution in [0, 0.1) is 0 Å². The van der Waals surface area contributed by atoms with Crippen LogP contribution in [0.5, 0.6) is 0 Å². The summed E-state index contributed by atoms with van der Waals surface area (Å²) in [7, 11) is 0. The number of amides is 1. The summed E-state index contributed by atoms with van der Waals surface area (Å²) in [6.45, 7) is 3.36. The van der Waals surface area contributed by atoms with E-state index >= 15 is 0 Å². The summed E-state index contributed by atoms with van der Waals surface area (Å²) in [5.41, 5.74) is 7.58. The van der Waals surface area contributed by atoms with Crippen molar-refractivity contribution in [1.29, 1.82) is 0 Å². The fraction of sp³-hybridized carbons (Fsp3) is 0.267. The molecular weight excluding hydrogens is 350 g/mol. The van der Waals surface area contributed by atoms with Crippen molar-refractivity contribution in [3.05, 3.63) is 45.2 Å². The van der Waals surface area contributed by atoms with Gasteiger partial charge in [0.05, 0.1) is 10.7 Å². The molecule has 1 amide bonds. The summed E-state index contributed by atoms with van der Waals surface area (Å²) in [5, 5.41) is 7.04. The number of anilines is 2. The highest BCUT2D eigenvalue weighted by Crippen LogP contribution is 2.30. The van der Waals surface area contributed by atoms with Gasteiger partial charge in [-0.15, -0.1) is 11.3 Å². The Morgan fingerprint density at radius 2 is 2.14 bits per heavy atom. The molecule has 2 aromatic rings. The van der Waals surface area contributed by atoms with E-state index in [4.69, 9.17) is 5.73 Å². The molecule has 0 bridgehead atoms. The second kappa shape index (κ2) is 7.47. The van der Waals surface area contributed by atoms with Crippen molar-refractivity contribution in [1.82, 2.24) is 5.32 Å². The third-order valence-electron chi connectivity index (χ3n) is 2.91. The molecule has 2 rings (SSSR count). The molecule has 1 heterocycles. The third-order valence-corrected chi connectivity index (χ3v) is 4.79. The van der Waals surface area contributed by atoms with E-state index in [1.807, 2.05) is 37.3 Å². The Bertz CT molecular complexity index is 627. The Balaban J connectivity index is 2.02. The van der Waals surface area contributed by atoms with E-state index in [9.17, 15) is 4.79 Å². The predicted molar refractivity (Wildman–Crippen MR) is 92.8 cm³/mol. The van der Waals surface area contributed by atoms with Gasteiger partial charge in [-0.25, -0.2) is 0 Å². The van der Waals surface area contributed by atoms with Gasteiger partial charge in [0, 0.05) is 17.6 Å². The molecule has 0 saturated carbocycles. The van der Waals surface area contributed by atoms with Gasteiger partial charge in [-0.1, -0.05) is 41.1 Å². The van der Waals surface area contributed by atoms with Crippen LogP contribution in [-0.2, 0) is 6.54 Å². The van der Waals surface area contributed by atoms with Crippen LogP contribution in [0.15, 0.2) is 34.8 Å². The van der Waals surface area contributed by atoms with Crippen LogP contribution in [0.1, 0.15) is 28.6 Å². The van der Waals surface area contributed by atoms with Crippen LogP contribution in [-0.4, -0.2) is 12.5 Å². The van der Waals surface area contributed by atoms with E-state index in [-0.39, 0.29) is 5.91 Å². The number of carbonyl (C=O) groups excluding carboxylic acids is 1. The molecule has 4 nitrogen and oxygen atoms in total. The summed E-state index contributed by atoms with van der Waals surface area (Å²) >= 11 is 4.90. The average Bonchev–Trinajstić information content (AvgIpc) is 2.85. The van der Waals surface area contributed by atoms with Crippen molar-refractivity contribution in [2.45, 2.75) is 19.9 Å². The Labute approximate surface area is 136 Å². The maximum atomic E-state index is 12.0. The summed E-state index contributed by atoms with van der Waals surface area (Å²) in [6.07, 6.45) is 0.907. The normalized spacial score (nSPS) is 10.4. The lowest BCUT2D eigenvalue weighted by Gasteiger charge is -2.05. The van der Waals surface area contributed by atoms with Crippen molar-refractivity contribution in [2.24, 2.45) is 0 Å². The van der Waals surface area contributed by atoms with Crippen LogP contribution in [0.25, 0.3) is 0 Å². The fourth-order valence-electron chi connectivity index (χ4n) is 1.81. The van der Waals surface area contributed by atoms with E-state index < -0.39 is 0 Å². The van der Waals surface area contributed by atoms with Gasteiger partial charge in [0.15, 0.2) is 0 Å². The zero-order valence-electron chi connectivity index (χ0n) is 11.8. The monoisotopic (exact) mass is 367 g/mol. The molecule has 0 radical (unpaired) electrons. The van der Waals surface area contributed by atoms with E-state index in [1.165, 1.54) is 11.3 Å². The summed E-state index contributed by atoms with van der Waals surface area (Å²) < 4.78 is 1.06. The van der Waals surface area contributed by atoms with Gasteiger partial charge in [-0.05, 0) is 24.1 Å². The van der Waals surface area contributed by atoms with Gasteiger partial charge in [0.25, 0.3) is 5.91 Å². The van der Waals surface area contributed by atoms with Crippen molar-refractivity contribution < 1.29 is 4.79 Å². The van der Waals surface area contributed by atoms with Crippen molar-refractivity contribution in [3.8, 4) is 0 Å². The molecule has 0 spiro atoms. The SMILES string of the molecule is CCCNC(=O)c1sc(NCc2ccccc2Br)cc1N. The number of rotatable bonds is 6.